The third kappa shape index (κ3) is 2.42. The fourth-order valence-corrected chi connectivity index (χ4v) is 1.99. The molecule has 88 valence electrons. The first kappa shape index (κ1) is 11.9. The number of para-hydroxylation sites is 1. The summed E-state index contributed by atoms with van der Waals surface area (Å²) in [5.41, 5.74) is 1.75. The molecule has 4 heteroatoms. The van der Waals surface area contributed by atoms with Crippen LogP contribution in [0.4, 0.5) is 0 Å². The highest BCUT2D eigenvalue weighted by Crippen LogP contribution is 2.37. The second-order valence-corrected chi connectivity index (χ2v) is 4.20. The molecule has 0 N–H and O–H groups in total. The van der Waals surface area contributed by atoms with Crippen LogP contribution in [-0.4, -0.2) is 19.2 Å². The molecule has 0 aliphatic carbocycles. The summed E-state index contributed by atoms with van der Waals surface area (Å²) < 4.78 is 11.4. The molecule has 0 atom stereocenters. The Labute approximate surface area is 109 Å². The predicted octanol–water partition coefficient (Wildman–Crippen LogP) is 3.53. The lowest BCUT2D eigenvalue weighted by Gasteiger charge is -2.12. The number of halogens is 1. The Balaban J connectivity index is 2.59. The molecule has 0 unspecified atom stereocenters. The number of hydrogen-bond acceptors (Lipinski definition) is 3. The summed E-state index contributed by atoms with van der Waals surface area (Å²) in [4.78, 5) is 4.41. The maximum atomic E-state index is 5.38. The number of aromatic nitrogens is 1. The van der Waals surface area contributed by atoms with E-state index in [2.05, 4.69) is 20.9 Å². The van der Waals surface area contributed by atoms with Crippen LogP contribution in [-0.2, 0) is 0 Å². The molecule has 1 aromatic carbocycles. The van der Waals surface area contributed by atoms with E-state index in [0.29, 0.717) is 11.5 Å². The van der Waals surface area contributed by atoms with Crippen molar-refractivity contribution in [2.24, 2.45) is 0 Å². The summed E-state index contributed by atoms with van der Waals surface area (Å²) in [5, 5.41) is 0. The number of hydrogen-bond donors (Lipinski definition) is 0. The van der Waals surface area contributed by atoms with Crippen molar-refractivity contribution in [2.75, 3.05) is 14.2 Å². The second kappa shape index (κ2) is 5.19. The van der Waals surface area contributed by atoms with Crippen LogP contribution in [0.2, 0.25) is 0 Å². The molecule has 0 aliphatic heterocycles. The fraction of sp³-hybridized carbons (Fsp3) is 0.154. The molecule has 1 heterocycles. The van der Waals surface area contributed by atoms with Crippen molar-refractivity contribution in [3.63, 3.8) is 0 Å². The van der Waals surface area contributed by atoms with Gasteiger partial charge < -0.3 is 9.47 Å². The first-order chi connectivity index (χ1) is 8.26. The van der Waals surface area contributed by atoms with Crippen LogP contribution < -0.4 is 9.47 Å². The van der Waals surface area contributed by atoms with Gasteiger partial charge >= 0.3 is 0 Å². The second-order valence-electron chi connectivity index (χ2n) is 3.39. The zero-order chi connectivity index (χ0) is 12.3. The molecule has 2 rings (SSSR count). The zero-order valence-corrected chi connectivity index (χ0v) is 11.2. The van der Waals surface area contributed by atoms with E-state index in [1.807, 2.05) is 36.4 Å². The smallest absolute Gasteiger partial charge is 0.170 e. The third-order valence-electron chi connectivity index (χ3n) is 2.39. The fourth-order valence-electron chi connectivity index (χ4n) is 1.65. The van der Waals surface area contributed by atoms with E-state index < -0.39 is 0 Å². The lowest BCUT2D eigenvalue weighted by Crippen LogP contribution is -1.94. The summed E-state index contributed by atoms with van der Waals surface area (Å²) in [6.07, 6.45) is 0. The van der Waals surface area contributed by atoms with Gasteiger partial charge in [0.1, 0.15) is 4.60 Å². The van der Waals surface area contributed by atoms with E-state index in [-0.39, 0.29) is 0 Å². The molecular weight excluding hydrogens is 282 g/mol. The van der Waals surface area contributed by atoms with Gasteiger partial charge in [-0.25, -0.2) is 4.98 Å². The molecule has 3 nitrogen and oxygen atoms in total. The molecule has 0 saturated carbocycles. The number of nitrogens with zero attached hydrogens (tertiary/aromatic N) is 1. The quantitative estimate of drug-likeness (QED) is 0.812. The van der Waals surface area contributed by atoms with Crippen molar-refractivity contribution >= 4 is 15.9 Å². The maximum absolute atomic E-state index is 5.38. The molecule has 1 aromatic heterocycles. The van der Waals surface area contributed by atoms with Crippen LogP contribution in [0, 0.1) is 0 Å². The van der Waals surface area contributed by atoms with Gasteiger partial charge in [-0.15, -0.1) is 0 Å². The van der Waals surface area contributed by atoms with Crippen molar-refractivity contribution in [3.05, 3.63) is 41.0 Å². The lowest BCUT2D eigenvalue weighted by atomic mass is 10.1. The van der Waals surface area contributed by atoms with Crippen molar-refractivity contribution < 1.29 is 9.47 Å². The van der Waals surface area contributed by atoms with Crippen molar-refractivity contribution in [1.29, 1.82) is 0 Å². The van der Waals surface area contributed by atoms with Gasteiger partial charge in [0.2, 0.25) is 0 Å². The average Bonchev–Trinajstić information content (AvgIpc) is 2.37. The van der Waals surface area contributed by atoms with Gasteiger partial charge in [-0.2, -0.15) is 0 Å². The first-order valence-corrected chi connectivity index (χ1v) is 5.89. The topological polar surface area (TPSA) is 31.4 Å². The van der Waals surface area contributed by atoms with Crippen LogP contribution >= 0.6 is 15.9 Å². The van der Waals surface area contributed by atoms with Gasteiger partial charge in [0.25, 0.3) is 0 Å². The van der Waals surface area contributed by atoms with Crippen LogP contribution in [0.1, 0.15) is 0 Å². The summed E-state index contributed by atoms with van der Waals surface area (Å²) in [7, 11) is 3.25. The highest BCUT2D eigenvalue weighted by Gasteiger charge is 2.12. The molecule has 0 fully saturated rings. The summed E-state index contributed by atoms with van der Waals surface area (Å²) in [6.45, 7) is 0. The Morgan fingerprint density at radius 3 is 2.41 bits per heavy atom. The molecule has 0 radical (unpaired) electrons. The van der Waals surface area contributed by atoms with Gasteiger partial charge in [0, 0.05) is 5.56 Å². The molecule has 2 aromatic rings. The maximum Gasteiger partial charge on any atom is 0.170 e. The van der Waals surface area contributed by atoms with Crippen LogP contribution in [0.25, 0.3) is 11.3 Å². The van der Waals surface area contributed by atoms with Crippen molar-refractivity contribution in [1.82, 2.24) is 4.98 Å². The van der Waals surface area contributed by atoms with E-state index in [9.17, 15) is 0 Å². The highest BCUT2D eigenvalue weighted by molar-refractivity contribution is 9.10. The largest absolute Gasteiger partial charge is 0.493 e. The monoisotopic (exact) mass is 293 g/mol. The Morgan fingerprint density at radius 2 is 1.76 bits per heavy atom. The summed E-state index contributed by atoms with van der Waals surface area (Å²) in [6, 6.07) is 11.5. The van der Waals surface area contributed by atoms with Crippen LogP contribution in [0.5, 0.6) is 11.5 Å². The molecule has 0 amide bonds. The van der Waals surface area contributed by atoms with Gasteiger partial charge in [0.15, 0.2) is 11.5 Å². The number of benzene rings is 1. The summed E-state index contributed by atoms with van der Waals surface area (Å²) in [5.74, 6) is 1.40. The standard InChI is InChI=1S/C13H12BrNO2/c1-16-11-7-3-5-9(13(11)17-2)10-6-4-8-12(14)15-10/h3-8H,1-2H3. The molecule has 0 saturated heterocycles. The Morgan fingerprint density at radius 1 is 1.00 bits per heavy atom. The van der Waals surface area contributed by atoms with Crippen LogP contribution in [0.3, 0.4) is 0 Å². The molecule has 0 bridgehead atoms. The van der Waals surface area contributed by atoms with Crippen molar-refractivity contribution in [3.8, 4) is 22.8 Å². The van der Waals surface area contributed by atoms with Crippen molar-refractivity contribution in [2.45, 2.75) is 0 Å². The van der Waals surface area contributed by atoms with Crippen LogP contribution in [0.15, 0.2) is 41.0 Å². The molecule has 17 heavy (non-hydrogen) atoms. The molecular formula is C13H12BrNO2. The number of pyridine rings is 1. The Kier molecular flexibility index (Phi) is 3.64. The van der Waals surface area contributed by atoms with E-state index in [0.717, 1.165) is 15.9 Å². The van der Waals surface area contributed by atoms with E-state index in [1.54, 1.807) is 14.2 Å². The summed E-state index contributed by atoms with van der Waals surface area (Å²) >= 11 is 3.36. The number of ether oxygens (including phenoxy) is 2. The minimum atomic E-state index is 0.695. The molecule has 0 spiro atoms. The van der Waals surface area contributed by atoms with E-state index in [4.69, 9.17) is 9.47 Å². The average molecular weight is 294 g/mol. The SMILES string of the molecule is COc1cccc(-c2cccc(Br)n2)c1OC. The predicted molar refractivity (Wildman–Crippen MR) is 70.5 cm³/mol. The highest BCUT2D eigenvalue weighted by atomic mass is 79.9. The lowest BCUT2D eigenvalue weighted by molar-refractivity contribution is 0.356. The number of rotatable bonds is 3. The van der Waals surface area contributed by atoms with Gasteiger partial charge in [-0.3, -0.25) is 0 Å². The zero-order valence-electron chi connectivity index (χ0n) is 9.61. The number of methoxy groups -OCH3 is 2. The van der Waals surface area contributed by atoms with E-state index >= 15 is 0 Å². The molecule has 0 aliphatic rings. The normalized spacial score (nSPS) is 10.1. The van der Waals surface area contributed by atoms with Gasteiger partial charge in [-0.1, -0.05) is 12.1 Å². The Hall–Kier alpha value is -1.55. The third-order valence-corrected chi connectivity index (χ3v) is 2.84. The minimum Gasteiger partial charge on any atom is -0.493 e. The van der Waals surface area contributed by atoms with Gasteiger partial charge in [-0.05, 0) is 40.2 Å². The first-order valence-electron chi connectivity index (χ1n) is 5.10. The van der Waals surface area contributed by atoms with Gasteiger partial charge in [0.05, 0.1) is 19.9 Å². The van der Waals surface area contributed by atoms with E-state index in [1.165, 1.54) is 0 Å². The Bertz CT molecular complexity index is 529. The minimum absolute atomic E-state index is 0.695.